The fraction of sp³-hybridized carbons (Fsp3) is 0.625. The number of rotatable bonds is 6. The predicted molar refractivity (Wildman–Crippen MR) is 79.1 cm³/mol. The Hall–Kier alpha value is -1.10. The molecule has 1 aromatic rings. The van der Waals surface area contributed by atoms with Gasteiger partial charge in [-0.2, -0.15) is 0 Å². The van der Waals surface area contributed by atoms with Crippen LogP contribution >= 0.6 is 0 Å². The van der Waals surface area contributed by atoms with Crippen LogP contribution in [-0.4, -0.2) is 43.1 Å². The molecule has 0 saturated carbocycles. The van der Waals surface area contributed by atoms with Gasteiger partial charge >= 0.3 is 0 Å². The van der Waals surface area contributed by atoms with Gasteiger partial charge in [0.15, 0.2) is 0 Å². The van der Waals surface area contributed by atoms with Gasteiger partial charge in [0.2, 0.25) is 0 Å². The third-order valence-electron chi connectivity index (χ3n) is 4.13. The van der Waals surface area contributed by atoms with Gasteiger partial charge in [-0.3, -0.25) is 0 Å². The maximum atomic E-state index is 10.5. The summed E-state index contributed by atoms with van der Waals surface area (Å²) in [6.45, 7) is 5.25. The molecule has 0 bridgehead atoms. The first kappa shape index (κ1) is 15.3. The van der Waals surface area contributed by atoms with Gasteiger partial charge in [-0.25, -0.2) is 0 Å². The normalized spacial score (nSPS) is 27.5. The molecular weight excluding hydrogens is 254 g/mol. The Balaban J connectivity index is 1.88. The number of benzene rings is 1. The molecule has 3 atom stereocenters. The quantitative estimate of drug-likeness (QED) is 0.833. The van der Waals surface area contributed by atoms with E-state index in [1.54, 1.807) is 7.11 Å². The highest BCUT2D eigenvalue weighted by atomic mass is 16.5. The van der Waals surface area contributed by atoms with E-state index < -0.39 is 5.60 Å². The van der Waals surface area contributed by atoms with Gasteiger partial charge in [0.05, 0.1) is 13.2 Å². The van der Waals surface area contributed by atoms with Crippen molar-refractivity contribution in [2.75, 3.05) is 20.3 Å². The van der Waals surface area contributed by atoms with Crippen molar-refractivity contribution in [1.29, 1.82) is 0 Å². The van der Waals surface area contributed by atoms with Crippen molar-refractivity contribution in [1.82, 2.24) is 5.32 Å². The molecule has 3 unspecified atom stereocenters. The topological polar surface area (TPSA) is 50.7 Å². The number of ether oxygens (including phenoxy) is 2. The fourth-order valence-corrected chi connectivity index (χ4v) is 2.63. The summed E-state index contributed by atoms with van der Waals surface area (Å²) in [4.78, 5) is 0. The minimum Gasteiger partial charge on any atom is -0.496 e. The molecule has 1 heterocycles. The molecule has 2 N–H and O–H groups in total. The second kappa shape index (κ2) is 6.57. The molecule has 0 spiro atoms. The number of hydrogen-bond donors (Lipinski definition) is 2. The van der Waals surface area contributed by atoms with Gasteiger partial charge < -0.3 is 19.9 Å². The first-order valence-corrected chi connectivity index (χ1v) is 7.24. The summed E-state index contributed by atoms with van der Waals surface area (Å²) in [5.41, 5.74) is 0.437. The van der Waals surface area contributed by atoms with Gasteiger partial charge in [0, 0.05) is 25.6 Å². The molecule has 0 aliphatic carbocycles. The molecule has 1 saturated heterocycles. The van der Waals surface area contributed by atoms with Gasteiger partial charge in [0.25, 0.3) is 0 Å². The number of aliphatic hydroxyl groups is 1. The van der Waals surface area contributed by atoms with E-state index >= 15 is 0 Å². The molecule has 1 aromatic carbocycles. The van der Waals surface area contributed by atoms with Crippen LogP contribution in [0, 0.1) is 0 Å². The summed E-state index contributed by atoms with van der Waals surface area (Å²) >= 11 is 0. The van der Waals surface area contributed by atoms with Gasteiger partial charge in [-0.15, -0.1) is 0 Å². The standard InChI is InChI=1S/C16H25NO3/c1-12(10-14-6-4-5-7-15(14)19-3)17-11-16(18)8-9-20-13(16)2/h4-7,12-13,17-18H,8-11H2,1-3H3. The van der Waals surface area contributed by atoms with Crippen LogP contribution in [0.25, 0.3) is 0 Å². The summed E-state index contributed by atoms with van der Waals surface area (Å²) in [5.74, 6) is 0.914. The van der Waals surface area contributed by atoms with Crippen LogP contribution in [0.4, 0.5) is 0 Å². The predicted octanol–water partition coefficient (Wildman–Crippen LogP) is 1.76. The van der Waals surface area contributed by atoms with E-state index in [1.165, 1.54) is 5.56 Å². The largest absolute Gasteiger partial charge is 0.496 e. The third-order valence-corrected chi connectivity index (χ3v) is 4.13. The molecule has 112 valence electrons. The van der Waals surface area contributed by atoms with E-state index in [9.17, 15) is 5.11 Å². The molecule has 2 rings (SSSR count). The van der Waals surface area contributed by atoms with E-state index in [2.05, 4.69) is 18.3 Å². The average molecular weight is 279 g/mol. The van der Waals surface area contributed by atoms with E-state index in [0.717, 1.165) is 12.2 Å². The Bertz CT molecular complexity index is 437. The average Bonchev–Trinajstić information content (AvgIpc) is 2.78. The summed E-state index contributed by atoms with van der Waals surface area (Å²) in [6.07, 6.45) is 1.46. The number of hydrogen-bond acceptors (Lipinski definition) is 4. The van der Waals surface area contributed by atoms with Crippen LogP contribution in [0.5, 0.6) is 5.75 Å². The van der Waals surface area contributed by atoms with Gasteiger partial charge in [-0.05, 0) is 31.9 Å². The van der Waals surface area contributed by atoms with Crippen molar-refractivity contribution in [3.05, 3.63) is 29.8 Å². The maximum absolute atomic E-state index is 10.5. The first-order chi connectivity index (χ1) is 9.55. The van der Waals surface area contributed by atoms with Crippen LogP contribution in [-0.2, 0) is 11.2 Å². The SMILES string of the molecule is COc1ccccc1CC(C)NCC1(O)CCOC1C. The first-order valence-electron chi connectivity index (χ1n) is 7.24. The molecule has 1 aliphatic rings. The van der Waals surface area contributed by atoms with Crippen LogP contribution in [0.2, 0.25) is 0 Å². The van der Waals surface area contributed by atoms with Gasteiger partial charge in [-0.1, -0.05) is 18.2 Å². The maximum Gasteiger partial charge on any atom is 0.122 e. The highest BCUT2D eigenvalue weighted by molar-refractivity contribution is 5.33. The molecule has 1 aliphatic heterocycles. The van der Waals surface area contributed by atoms with E-state index in [0.29, 0.717) is 19.6 Å². The Morgan fingerprint density at radius 1 is 1.50 bits per heavy atom. The second-order valence-electron chi connectivity index (χ2n) is 5.66. The van der Waals surface area contributed by atoms with Gasteiger partial charge in [0.1, 0.15) is 11.4 Å². The van der Waals surface area contributed by atoms with Crippen molar-refractivity contribution in [2.24, 2.45) is 0 Å². The molecule has 20 heavy (non-hydrogen) atoms. The zero-order valence-electron chi connectivity index (χ0n) is 12.6. The minimum absolute atomic E-state index is 0.103. The zero-order valence-corrected chi connectivity index (χ0v) is 12.6. The second-order valence-corrected chi connectivity index (χ2v) is 5.66. The summed E-state index contributed by atoms with van der Waals surface area (Å²) in [5, 5.41) is 13.9. The van der Waals surface area contributed by atoms with E-state index in [1.807, 2.05) is 25.1 Å². The third kappa shape index (κ3) is 3.51. The Morgan fingerprint density at radius 3 is 2.90 bits per heavy atom. The van der Waals surface area contributed by atoms with Crippen LogP contribution in [0.15, 0.2) is 24.3 Å². The monoisotopic (exact) mass is 279 g/mol. The van der Waals surface area contributed by atoms with Crippen molar-refractivity contribution in [2.45, 2.75) is 44.4 Å². The molecular formula is C16H25NO3. The summed E-state index contributed by atoms with van der Waals surface area (Å²) in [7, 11) is 1.69. The fourth-order valence-electron chi connectivity index (χ4n) is 2.63. The smallest absolute Gasteiger partial charge is 0.122 e. The number of nitrogens with one attached hydrogen (secondary N) is 1. The van der Waals surface area contributed by atoms with Crippen molar-refractivity contribution in [3.63, 3.8) is 0 Å². The number of methoxy groups -OCH3 is 1. The van der Waals surface area contributed by atoms with E-state index in [4.69, 9.17) is 9.47 Å². The van der Waals surface area contributed by atoms with Crippen LogP contribution in [0.3, 0.4) is 0 Å². The number of para-hydroxylation sites is 1. The Labute approximate surface area is 121 Å². The molecule has 1 fully saturated rings. The lowest BCUT2D eigenvalue weighted by molar-refractivity contribution is -0.0273. The Morgan fingerprint density at radius 2 is 2.25 bits per heavy atom. The van der Waals surface area contributed by atoms with Crippen LogP contribution in [0.1, 0.15) is 25.8 Å². The van der Waals surface area contributed by atoms with Crippen molar-refractivity contribution in [3.8, 4) is 5.75 Å². The van der Waals surface area contributed by atoms with Crippen LogP contribution < -0.4 is 10.1 Å². The lowest BCUT2D eigenvalue weighted by Gasteiger charge is -2.28. The molecule has 4 nitrogen and oxygen atoms in total. The van der Waals surface area contributed by atoms with E-state index in [-0.39, 0.29) is 12.1 Å². The lowest BCUT2D eigenvalue weighted by Crippen LogP contribution is -2.48. The lowest BCUT2D eigenvalue weighted by atomic mass is 9.96. The Kier molecular flexibility index (Phi) is 5.02. The molecule has 4 heteroatoms. The van der Waals surface area contributed by atoms with Crippen molar-refractivity contribution >= 4 is 0 Å². The highest BCUT2D eigenvalue weighted by Gasteiger charge is 2.39. The summed E-state index contributed by atoms with van der Waals surface area (Å²) < 4.78 is 10.8. The minimum atomic E-state index is -0.741. The molecule has 0 aromatic heterocycles. The zero-order chi connectivity index (χ0) is 14.6. The molecule has 0 radical (unpaired) electrons. The summed E-state index contributed by atoms with van der Waals surface area (Å²) in [6, 6.07) is 8.31. The highest BCUT2D eigenvalue weighted by Crippen LogP contribution is 2.25. The molecule has 0 amide bonds. The van der Waals surface area contributed by atoms with Crippen molar-refractivity contribution < 1.29 is 14.6 Å².